The van der Waals surface area contributed by atoms with Gasteiger partial charge in [0.15, 0.2) is 0 Å². The van der Waals surface area contributed by atoms with Gasteiger partial charge in [-0.15, -0.1) is 12.4 Å². The van der Waals surface area contributed by atoms with Gasteiger partial charge in [-0.25, -0.2) is 0 Å². The summed E-state index contributed by atoms with van der Waals surface area (Å²) < 4.78 is 4.31. The highest BCUT2D eigenvalue weighted by Crippen LogP contribution is 1.72. The van der Waals surface area contributed by atoms with Crippen molar-refractivity contribution in [3.8, 4) is 0 Å². The molecule has 4 nitrogen and oxygen atoms in total. The van der Waals surface area contributed by atoms with Crippen molar-refractivity contribution in [2.24, 2.45) is 5.73 Å². The van der Waals surface area contributed by atoms with Crippen molar-refractivity contribution in [2.45, 2.75) is 6.92 Å². The van der Waals surface area contributed by atoms with Crippen LogP contribution in [0.5, 0.6) is 0 Å². The maximum absolute atomic E-state index is 9.97. The van der Waals surface area contributed by atoms with E-state index in [1.54, 1.807) is 0 Å². The van der Waals surface area contributed by atoms with E-state index in [1.807, 2.05) is 0 Å². The second kappa shape index (κ2) is 5.37. The number of nitrogens with two attached hydrogens (primary N) is 1. The molecule has 0 atom stereocenters. The number of amidine groups is 1. The summed E-state index contributed by atoms with van der Waals surface area (Å²) in [6.45, 7) is 1.16. The van der Waals surface area contributed by atoms with E-state index in [9.17, 15) is 4.79 Å². The molecule has 0 spiro atoms. The molecule has 0 aliphatic heterocycles. The van der Waals surface area contributed by atoms with Gasteiger partial charge in [0, 0.05) is 6.92 Å². The van der Waals surface area contributed by atoms with Crippen molar-refractivity contribution in [2.75, 3.05) is 6.61 Å². The molecule has 5 heteroatoms. The maximum Gasteiger partial charge on any atom is 0.303 e. The molecule has 0 unspecified atom stereocenters. The minimum Gasteiger partial charge on any atom is -0.458 e. The molecule has 0 amide bonds. The van der Waals surface area contributed by atoms with Gasteiger partial charge in [0.2, 0.25) is 0 Å². The van der Waals surface area contributed by atoms with Crippen LogP contribution >= 0.6 is 12.4 Å². The second-order valence-electron chi connectivity index (χ2n) is 1.31. The number of hydrogen-bond donors (Lipinski definition) is 2. The first-order valence-electron chi connectivity index (χ1n) is 2.09. The van der Waals surface area contributed by atoms with Crippen LogP contribution in [0.3, 0.4) is 0 Å². The molecule has 0 rings (SSSR count). The Hall–Kier alpha value is -0.770. The summed E-state index contributed by atoms with van der Waals surface area (Å²) in [6, 6.07) is 0. The van der Waals surface area contributed by atoms with Crippen LogP contribution in [0.25, 0.3) is 0 Å². The lowest BCUT2D eigenvalue weighted by Crippen LogP contribution is -2.18. The van der Waals surface area contributed by atoms with Crippen LogP contribution < -0.4 is 5.73 Å². The topological polar surface area (TPSA) is 76.2 Å². The van der Waals surface area contributed by atoms with Crippen LogP contribution in [-0.4, -0.2) is 18.4 Å². The molecule has 0 saturated carbocycles. The molecule has 0 aromatic heterocycles. The number of hydrogen-bond acceptors (Lipinski definition) is 3. The van der Waals surface area contributed by atoms with Crippen molar-refractivity contribution in [3.05, 3.63) is 0 Å². The molecule has 0 aromatic rings. The Morgan fingerprint density at radius 1 is 1.78 bits per heavy atom. The summed E-state index contributed by atoms with van der Waals surface area (Å²) in [7, 11) is 0. The Kier molecular flexibility index (Phi) is 6.61. The van der Waals surface area contributed by atoms with Crippen LogP contribution in [0.15, 0.2) is 0 Å². The molecule has 0 aliphatic carbocycles. The summed E-state index contributed by atoms with van der Waals surface area (Å²) in [5, 5.41) is 6.59. The highest BCUT2D eigenvalue weighted by molar-refractivity contribution is 5.85. The fraction of sp³-hybridized carbons (Fsp3) is 0.500. The van der Waals surface area contributed by atoms with Crippen molar-refractivity contribution < 1.29 is 9.53 Å². The monoisotopic (exact) mass is 152 g/mol. The predicted molar refractivity (Wildman–Crippen MR) is 35.8 cm³/mol. The lowest BCUT2D eigenvalue weighted by molar-refractivity contribution is -0.139. The maximum atomic E-state index is 9.97. The normalized spacial score (nSPS) is 7.22. The van der Waals surface area contributed by atoms with E-state index in [0.29, 0.717) is 0 Å². The van der Waals surface area contributed by atoms with Gasteiger partial charge in [-0.05, 0) is 0 Å². The number of halogens is 1. The largest absolute Gasteiger partial charge is 0.458 e. The molecule has 0 aliphatic rings. The van der Waals surface area contributed by atoms with E-state index >= 15 is 0 Å². The number of esters is 1. The molecule has 0 fully saturated rings. The summed E-state index contributed by atoms with van der Waals surface area (Å²) in [6.07, 6.45) is 0. The fourth-order valence-electron chi connectivity index (χ4n) is 0.179. The Bertz CT molecular complexity index is 101. The molecular formula is C4H9ClN2O2. The first kappa shape index (κ1) is 11.1. The molecule has 9 heavy (non-hydrogen) atoms. The van der Waals surface area contributed by atoms with Crippen LogP contribution in [0.1, 0.15) is 6.92 Å². The van der Waals surface area contributed by atoms with E-state index in [2.05, 4.69) is 4.74 Å². The summed E-state index contributed by atoms with van der Waals surface area (Å²) in [5.74, 6) is -0.555. The van der Waals surface area contributed by atoms with Gasteiger partial charge in [-0.2, -0.15) is 0 Å². The molecule has 54 valence electrons. The lowest BCUT2D eigenvalue weighted by atomic mass is 10.6. The smallest absolute Gasteiger partial charge is 0.303 e. The summed E-state index contributed by atoms with van der Waals surface area (Å²) in [5.41, 5.74) is 4.85. The highest BCUT2D eigenvalue weighted by Gasteiger charge is 1.91. The number of rotatable bonds is 2. The predicted octanol–water partition coefficient (Wildman–Crippen LogP) is -0.0927. The number of carbonyl (C=O) groups excluding carboxylic acids is 1. The minimum absolute atomic E-state index is 0. The van der Waals surface area contributed by atoms with Gasteiger partial charge < -0.3 is 10.5 Å². The van der Waals surface area contributed by atoms with Crippen LogP contribution in [0, 0.1) is 5.41 Å². The quantitative estimate of drug-likeness (QED) is 0.330. The summed E-state index contributed by atoms with van der Waals surface area (Å²) >= 11 is 0. The second-order valence-corrected chi connectivity index (χ2v) is 1.31. The van der Waals surface area contributed by atoms with E-state index in [-0.39, 0.29) is 24.8 Å². The summed E-state index contributed by atoms with van der Waals surface area (Å²) in [4.78, 5) is 9.97. The molecule has 0 bridgehead atoms. The third kappa shape index (κ3) is 11.1. The highest BCUT2D eigenvalue weighted by atomic mass is 35.5. The van der Waals surface area contributed by atoms with E-state index in [1.165, 1.54) is 6.92 Å². The van der Waals surface area contributed by atoms with E-state index in [4.69, 9.17) is 11.1 Å². The zero-order valence-electron chi connectivity index (χ0n) is 5.01. The van der Waals surface area contributed by atoms with Crippen LogP contribution in [0.4, 0.5) is 0 Å². The zero-order valence-corrected chi connectivity index (χ0v) is 5.83. The SMILES string of the molecule is CC(=O)OCC(=N)N.Cl. The van der Waals surface area contributed by atoms with Crippen molar-refractivity contribution in [1.82, 2.24) is 0 Å². The van der Waals surface area contributed by atoms with Gasteiger partial charge in [0.05, 0.1) is 0 Å². The third-order valence-electron chi connectivity index (χ3n) is 0.431. The van der Waals surface area contributed by atoms with Crippen molar-refractivity contribution >= 4 is 24.2 Å². The zero-order chi connectivity index (χ0) is 6.57. The van der Waals surface area contributed by atoms with Gasteiger partial charge in [-0.3, -0.25) is 10.2 Å². The number of nitrogens with one attached hydrogen (secondary N) is 1. The van der Waals surface area contributed by atoms with Gasteiger partial charge >= 0.3 is 5.97 Å². The van der Waals surface area contributed by atoms with Gasteiger partial charge in [0.1, 0.15) is 12.4 Å². The third-order valence-corrected chi connectivity index (χ3v) is 0.431. The standard InChI is InChI=1S/C4H8N2O2.ClH/c1-3(7)8-2-4(5)6;/h2H2,1H3,(H3,5,6);1H. The van der Waals surface area contributed by atoms with Crippen molar-refractivity contribution in [3.63, 3.8) is 0 Å². The molecule has 0 aromatic carbocycles. The first-order valence-corrected chi connectivity index (χ1v) is 2.09. The number of ether oxygens (including phenoxy) is 1. The fourth-order valence-corrected chi connectivity index (χ4v) is 0.179. The Morgan fingerprint density at radius 3 is 2.33 bits per heavy atom. The molecule has 0 saturated heterocycles. The average Bonchev–Trinajstić information content (AvgIpc) is 1.61. The Balaban J connectivity index is 0. The Morgan fingerprint density at radius 2 is 2.22 bits per heavy atom. The van der Waals surface area contributed by atoms with Gasteiger partial charge in [-0.1, -0.05) is 0 Å². The number of carbonyl (C=O) groups is 1. The molecule has 0 heterocycles. The van der Waals surface area contributed by atoms with Gasteiger partial charge in [0.25, 0.3) is 0 Å². The van der Waals surface area contributed by atoms with Crippen LogP contribution in [0.2, 0.25) is 0 Å². The molecular weight excluding hydrogens is 144 g/mol. The van der Waals surface area contributed by atoms with Crippen molar-refractivity contribution in [1.29, 1.82) is 5.41 Å². The van der Waals surface area contributed by atoms with E-state index in [0.717, 1.165) is 0 Å². The lowest BCUT2D eigenvalue weighted by Gasteiger charge is -1.95. The van der Waals surface area contributed by atoms with E-state index < -0.39 is 5.97 Å². The average molecular weight is 153 g/mol. The molecule has 0 radical (unpaired) electrons. The Labute approximate surface area is 59.3 Å². The molecule has 3 N–H and O–H groups in total. The minimum atomic E-state index is -0.416. The first-order chi connectivity index (χ1) is 3.63. The van der Waals surface area contributed by atoms with Crippen LogP contribution in [-0.2, 0) is 9.53 Å².